The van der Waals surface area contributed by atoms with Crippen molar-refractivity contribution < 1.29 is 0 Å². The molecule has 1 saturated heterocycles. The van der Waals surface area contributed by atoms with E-state index < -0.39 is 0 Å². The van der Waals surface area contributed by atoms with Crippen LogP contribution in [-0.2, 0) is 0 Å². The normalized spacial score (nSPS) is 19.4. The molecule has 0 aliphatic carbocycles. The maximum Gasteiger partial charge on any atom is 0.106 e. The lowest BCUT2D eigenvalue weighted by Gasteiger charge is -2.29. The van der Waals surface area contributed by atoms with E-state index in [0.29, 0.717) is 5.25 Å². The van der Waals surface area contributed by atoms with Gasteiger partial charge in [0, 0.05) is 18.3 Å². The van der Waals surface area contributed by atoms with Crippen molar-refractivity contribution in [3.8, 4) is 0 Å². The van der Waals surface area contributed by atoms with E-state index in [0.717, 1.165) is 24.7 Å². The molecule has 1 N–H and O–H groups in total. The fraction of sp³-hybridized carbons (Fsp3) is 0.909. The number of amidine groups is 1. The van der Waals surface area contributed by atoms with Crippen molar-refractivity contribution in [1.82, 2.24) is 4.90 Å². The molecule has 1 heterocycles. The molecule has 0 radical (unpaired) electrons. The Labute approximate surface area is 92.0 Å². The van der Waals surface area contributed by atoms with E-state index >= 15 is 0 Å². The fourth-order valence-corrected chi connectivity index (χ4v) is 2.45. The van der Waals surface area contributed by atoms with Crippen molar-refractivity contribution in [3.63, 3.8) is 0 Å². The van der Waals surface area contributed by atoms with Gasteiger partial charge in [-0.05, 0) is 25.7 Å². The lowest BCUT2D eigenvalue weighted by molar-refractivity contribution is 0.339. The Morgan fingerprint density at radius 1 is 1.36 bits per heavy atom. The number of thioether (sulfide) groups is 1. The number of hydrogen-bond acceptors (Lipinski definition) is 2. The Balaban J connectivity index is 2.19. The average molecular weight is 214 g/mol. The summed E-state index contributed by atoms with van der Waals surface area (Å²) in [6.45, 7) is 6.68. The molecule has 1 fully saturated rings. The second kappa shape index (κ2) is 6.33. The number of piperidine rings is 1. The van der Waals surface area contributed by atoms with Crippen molar-refractivity contribution in [3.05, 3.63) is 0 Å². The van der Waals surface area contributed by atoms with Crippen LogP contribution in [0.2, 0.25) is 0 Å². The molecule has 0 saturated carbocycles. The second-order valence-electron chi connectivity index (χ2n) is 4.02. The van der Waals surface area contributed by atoms with Crippen molar-refractivity contribution >= 4 is 17.6 Å². The summed E-state index contributed by atoms with van der Waals surface area (Å²) in [4.78, 5) is 2.25. The lowest BCUT2D eigenvalue weighted by atomic mass is 10.1. The van der Waals surface area contributed by atoms with Gasteiger partial charge < -0.3 is 4.90 Å². The van der Waals surface area contributed by atoms with Gasteiger partial charge in [0.05, 0.1) is 5.75 Å². The van der Waals surface area contributed by atoms with Crippen LogP contribution in [0.5, 0.6) is 0 Å². The van der Waals surface area contributed by atoms with Gasteiger partial charge in [0.15, 0.2) is 0 Å². The molecule has 14 heavy (non-hydrogen) atoms. The van der Waals surface area contributed by atoms with Crippen LogP contribution < -0.4 is 0 Å². The molecule has 0 amide bonds. The molecule has 1 atom stereocenters. The summed E-state index contributed by atoms with van der Waals surface area (Å²) < 4.78 is 0. The van der Waals surface area contributed by atoms with E-state index in [4.69, 9.17) is 5.41 Å². The third-order valence-electron chi connectivity index (χ3n) is 2.82. The summed E-state index contributed by atoms with van der Waals surface area (Å²) in [7, 11) is 0. The standard InChI is InChI=1S/C11H22N2S/c1-3-10(2)14-9-11(12)13-7-5-4-6-8-13/h10,12H,3-9H2,1-2H3. The summed E-state index contributed by atoms with van der Waals surface area (Å²) in [6, 6.07) is 0. The molecule has 0 aromatic carbocycles. The van der Waals surface area contributed by atoms with Crippen molar-refractivity contribution in [2.45, 2.75) is 44.8 Å². The predicted octanol–water partition coefficient (Wildman–Crippen LogP) is 2.98. The third kappa shape index (κ3) is 3.91. The van der Waals surface area contributed by atoms with Crippen LogP contribution in [0.1, 0.15) is 39.5 Å². The zero-order chi connectivity index (χ0) is 10.4. The second-order valence-corrected chi connectivity index (χ2v) is 5.45. The molecular formula is C11H22N2S. The minimum absolute atomic E-state index is 0.695. The number of likely N-dealkylation sites (tertiary alicyclic amines) is 1. The quantitative estimate of drug-likeness (QED) is 0.575. The number of hydrogen-bond donors (Lipinski definition) is 1. The maximum atomic E-state index is 7.96. The molecule has 0 bridgehead atoms. The van der Waals surface area contributed by atoms with Crippen LogP contribution in [0.15, 0.2) is 0 Å². The van der Waals surface area contributed by atoms with E-state index in [1.54, 1.807) is 0 Å². The van der Waals surface area contributed by atoms with Gasteiger partial charge in [-0.25, -0.2) is 0 Å². The predicted molar refractivity (Wildman–Crippen MR) is 65.4 cm³/mol. The van der Waals surface area contributed by atoms with Gasteiger partial charge in [0.2, 0.25) is 0 Å². The van der Waals surface area contributed by atoms with E-state index in [1.165, 1.54) is 25.7 Å². The van der Waals surface area contributed by atoms with Crippen LogP contribution in [0.25, 0.3) is 0 Å². The fourth-order valence-electron chi connectivity index (χ4n) is 1.59. The topological polar surface area (TPSA) is 27.1 Å². The molecule has 1 aliphatic heterocycles. The highest BCUT2D eigenvalue weighted by molar-refractivity contribution is 8.00. The van der Waals surface area contributed by atoms with Gasteiger partial charge in [-0.15, -0.1) is 0 Å². The lowest BCUT2D eigenvalue weighted by Crippen LogP contribution is -2.36. The van der Waals surface area contributed by atoms with Gasteiger partial charge in [-0.2, -0.15) is 11.8 Å². The first kappa shape index (κ1) is 11.9. The molecule has 2 nitrogen and oxygen atoms in total. The summed E-state index contributed by atoms with van der Waals surface area (Å²) in [5.74, 6) is 1.74. The van der Waals surface area contributed by atoms with Crippen molar-refractivity contribution in [2.24, 2.45) is 0 Å². The first-order valence-electron chi connectivity index (χ1n) is 5.68. The van der Waals surface area contributed by atoms with Crippen LogP contribution in [0.4, 0.5) is 0 Å². The maximum absolute atomic E-state index is 7.96. The molecule has 82 valence electrons. The number of rotatable bonds is 4. The highest BCUT2D eigenvalue weighted by atomic mass is 32.2. The van der Waals surface area contributed by atoms with E-state index in [1.807, 2.05) is 11.8 Å². The Bertz CT molecular complexity index is 176. The van der Waals surface area contributed by atoms with Crippen molar-refractivity contribution in [1.29, 1.82) is 5.41 Å². The molecule has 3 heteroatoms. The number of nitrogens with one attached hydrogen (secondary N) is 1. The Morgan fingerprint density at radius 2 is 2.00 bits per heavy atom. The van der Waals surface area contributed by atoms with E-state index in [9.17, 15) is 0 Å². The molecule has 1 unspecified atom stereocenters. The highest BCUT2D eigenvalue weighted by Gasteiger charge is 2.13. The van der Waals surface area contributed by atoms with Crippen LogP contribution in [-0.4, -0.2) is 34.8 Å². The van der Waals surface area contributed by atoms with Gasteiger partial charge in [-0.3, -0.25) is 5.41 Å². The van der Waals surface area contributed by atoms with Gasteiger partial charge in [0.25, 0.3) is 0 Å². The van der Waals surface area contributed by atoms with Gasteiger partial charge in [-0.1, -0.05) is 13.8 Å². The van der Waals surface area contributed by atoms with E-state index in [2.05, 4.69) is 18.7 Å². The smallest absolute Gasteiger partial charge is 0.106 e. The number of nitrogens with zero attached hydrogens (tertiary/aromatic N) is 1. The molecule has 0 aromatic heterocycles. The third-order valence-corrected chi connectivity index (χ3v) is 4.16. The largest absolute Gasteiger partial charge is 0.360 e. The zero-order valence-electron chi connectivity index (χ0n) is 9.38. The van der Waals surface area contributed by atoms with Gasteiger partial charge in [0.1, 0.15) is 5.84 Å². The Morgan fingerprint density at radius 3 is 2.57 bits per heavy atom. The molecule has 0 aromatic rings. The van der Waals surface area contributed by atoms with E-state index in [-0.39, 0.29) is 0 Å². The monoisotopic (exact) mass is 214 g/mol. The minimum Gasteiger partial charge on any atom is -0.360 e. The van der Waals surface area contributed by atoms with Crippen LogP contribution in [0.3, 0.4) is 0 Å². The summed E-state index contributed by atoms with van der Waals surface area (Å²) in [5, 5.41) is 8.65. The molecule has 1 aliphatic rings. The summed E-state index contributed by atoms with van der Waals surface area (Å²) in [6.07, 6.45) is 5.10. The first-order chi connectivity index (χ1) is 6.74. The Hall–Kier alpha value is -0.180. The Kier molecular flexibility index (Phi) is 5.38. The highest BCUT2D eigenvalue weighted by Crippen LogP contribution is 2.16. The summed E-state index contributed by atoms with van der Waals surface area (Å²) >= 11 is 1.91. The van der Waals surface area contributed by atoms with Crippen molar-refractivity contribution in [2.75, 3.05) is 18.8 Å². The minimum atomic E-state index is 0.695. The first-order valence-corrected chi connectivity index (χ1v) is 6.73. The molecule has 0 spiro atoms. The van der Waals surface area contributed by atoms with Gasteiger partial charge >= 0.3 is 0 Å². The average Bonchev–Trinajstić information content (AvgIpc) is 2.26. The van der Waals surface area contributed by atoms with Crippen LogP contribution >= 0.6 is 11.8 Å². The molecule has 1 rings (SSSR count). The molecular weight excluding hydrogens is 192 g/mol. The van der Waals surface area contributed by atoms with Crippen LogP contribution in [0, 0.1) is 5.41 Å². The summed E-state index contributed by atoms with van der Waals surface area (Å²) in [5.41, 5.74) is 0. The SMILES string of the molecule is CCC(C)SCC(=N)N1CCCCC1. The zero-order valence-corrected chi connectivity index (χ0v) is 10.2.